The number of carboxylic acids is 1. The van der Waals surface area contributed by atoms with Crippen LogP contribution in [0.1, 0.15) is 22.3 Å². The first-order valence-electron chi connectivity index (χ1n) is 7.24. The molecule has 0 heterocycles. The van der Waals surface area contributed by atoms with Crippen LogP contribution in [0.2, 0.25) is 0 Å². The minimum absolute atomic E-state index is 0.228. The average Bonchev–Trinajstić information content (AvgIpc) is 2.49. The van der Waals surface area contributed by atoms with E-state index in [-0.39, 0.29) is 17.7 Å². The van der Waals surface area contributed by atoms with Crippen molar-refractivity contribution < 1.29 is 27.5 Å². The van der Waals surface area contributed by atoms with Gasteiger partial charge in [-0.15, -0.1) is 0 Å². The van der Waals surface area contributed by atoms with Gasteiger partial charge in [0, 0.05) is 5.69 Å². The maximum absolute atomic E-state index is 14.4. The number of hydrogen-bond acceptors (Lipinski definition) is 2. The Kier molecular flexibility index (Phi) is 5.15. The minimum Gasteiger partial charge on any atom is -0.481 e. The van der Waals surface area contributed by atoms with Gasteiger partial charge in [0.1, 0.15) is 5.56 Å². The zero-order valence-corrected chi connectivity index (χ0v) is 13.2. The van der Waals surface area contributed by atoms with Gasteiger partial charge >= 0.3 is 12.1 Å². The van der Waals surface area contributed by atoms with E-state index in [2.05, 4.69) is 11.9 Å². The molecular weight excluding hydrogens is 338 g/mol. The van der Waals surface area contributed by atoms with Gasteiger partial charge in [-0.1, -0.05) is 36.4 Å². The van der Waals surface area contributed by atoms with E-state index in [0.29, 0.717) is 5.56 Å². The fraction of sp³-hybridized carbons (Fsp3) is 0.167. The Morgan fingerprint density at radius 1 is 1.24 bits per heavy atom. The van der Waals surface area contributed by atoms with E-state index in [4.69, 9.17) is 5.11 Å². The summed E-state index contributed by atoms with van der Waals surface area (Å²) in [6.07, 6.45) is -4.30. The molecule has 2 aromatic rings. The molecule has 2 N–H and O–H groups in total. The number of carboxylic acid groups (broad SMARTS) is 1. The highest BCUT2D eigenvalue weighted by Gasteiger charge is 2.37. The van der Waals surface area contributed by atoms with Gasteiger partial charge in [-0.2, -0.15) is 13.2 Å². The van der Waals surface area contributed by atoms with Gasteiger partial charge in [0.05, 0.1) is 12.1 Å². The Morgan fingerprint density at radius 3 is 2.44 bits per heavy atom. The number of halogens is 4. The van der Waals surface area contributed by atoms with Crippen LogP contribution in [0.15, 0.2) is 36.9 Å². The maximum Gasteiger partial charge on any atom is 0.419 e. The number of aryl methyl sites for hydroxylation is 1. The smallest absolute Gasteiger partial charge is 0.419 e. The highest BCUT2D eigenvalue weighted by Crippen LogP contribution is 2.38. The Morgan fingerprint density at radius 2 is 1.88 bits per heavy atom. The summed E-state index contributed by atoms with van der Waals surface area (Å²) < 4.78 is 53.8. The van der Waals surface area contributed by atoms with E-state index in [9.17, 15) is 22.4 Å². The second-order valence-electron chi connectivity index (χ2n) is 5.45. The monoisotopic (exact) mass is 353 g/mol. The highest BCUT2D eigenvalue weighted by molar-refractivity contribution is 5.76. The molecule has 0 bridgehead atoms. The average molecular weight is 353 g/mol. The number of rotatable bonds is 5. The summed E-state index contributed by atoms with van der Waals surface area (Å²) in [4.78, 5) is 11.0. The number of nitrogens with one attached hydrogen (secondary N) is 1. The minimum atomic E-state index is -4.89. The van der Waals surface area contributed by atoms with Crippen molar-refractivity contribution in [2.45, 2.75) is 19.5 Å². The molecule has 0 unspecified atom stereocenters. The standard InChI is InChI=1S/C18H15F4NO2/c1-3-11-5-7-14(17(19)16(11)18(20,21)22)23-13-6-4-10(2)8-12(13)9-15(24)25/h3-8,23H,1,9H2,2H3,(H,24,25). The van der Waals surface area contributed by atoms with Crippen LogP contribution in [0.3, 0.4) is 0 Å². The molecule has 0 amide bonds. The Hall–Kier alpha value is -2.83. The van der Waals surface area contributed by atoms with E-state index in [1.165, 1.54) is 6.07 Å². The van der Waals surface area contributed by atoms with Gasteiger partial charge in [-0.3, -0.25) is 4.79 Å². The summed E-state index contributed by atoms with van der Waals surface area (Å²) in [6.45, 7) is 5.01. The molecule has 2 rings (SSSR count). The molecule has 0 atom stereocenters. The van der Waals surface area contributed by atoms with E-state index < -0.39 is 29.2 Å². The summed E-state index contributed by atoms with van der Waals surface area (Å²) in [6, 6.07) is 6.99. The Labute approximate surface area is 141 Å². The van der Waals surface area contributed by atoms with Crippen molar-refractivity contribution in [3.63, 3.8) is 0 Å². The van der Waals surface area contributed by atoms with Gasteiger partial charge in [-0.05, 0) is 30.2 Å². The number of alkyl halides is 3. The van der Waals surface area contributed by atoms with Gasteiger partial charge in [-0.25, -0.2) is 4.39 Å². The molecule has 0 saturated heterocycles. The first-order valence-corrected chi connectivity index (χ1v) is 7.24. The first kappa shape index (κ1) is 18.5. The quantitative estimate of drug-likeness (QED) is 0.730. The highest BCUT2D eigenvalue weighted by atomic mass is 19.4. The van der Waals surface area contributed by atoms with Crippen LogP contribution < -0.4 is 5.32 Å². The van der Waals surface area contributed by atoms with Crippen LogP contribution in [-0.4, -0.2) is 11.1 Å². The maximum atomic E-state index is 14.4. The summed E-state index contributed by atoms with van der Waals surface area (Å²) in [5.74, 6) is -2.57. The largest absolute Gasteiger partial charge is 0.481 e. The zero-order chi connectivity index (χ0) is 18.8. The fourth-order valence-electron chi connectivity index (χ4n) is 2.44. The second kappa shape index (κ2) is 6.96. The third-order valence-electron chi connectivity index (χ3n) is 3.55. The number of benzene rings is 2. The molecule has 0 spiro atoms. The summed E-state index contributed by atoms with van der Waals surface area (Å²) in [5.41, 5.74) is -0.835. The molecule has 25 heavy (non-hydrogen) atoms. The number of hydrogen-bond donors (Lipinski definition) is 2. The molecule has 0 aliphatic rings. The predicted octanol–water partition coefficient (Wildman–Crippen LogP) is 5.17. The SMILES string of the molecule is C=Cc1ccc(Nc2ccc(C)cc2CC(=O)O)c(F)c1C(F)(F)F. The van der Waals surface area contributed by atoms with Gasteiger partial charge in [0.2, 0.25) is 0 Å². The predicted molar refractivity (Wildman–Crippen MR) is 87.3 cm³/mol. The van der Waals surface area contributed by atoms with E-state index in [1.807, 2.05) is 0 Å². The lowest BCUT2D eigenvalue weighted by Gasteiger charge is -2.17. The zero-order valence-electron chi connectivity index (χ0n) is 13.2. The normalized spacial score (nSPS) is 11.2. The van der Waals surface area contributed by atoms with Crippen LogP contribution in [0, 0.1) is 12.7 Å². The first-order chi connectivity index (χ1) is 11.6. The molecule has 7 heteroatoms. The number of carbonyl (C=O) groups is 1. The van der Waals surface area contributed by atoms with Crippen LogP contribution in [0.25, 0.3) is 6.08 Å². The molecule has 132 valence electrons. The second-order valence-corrected chi connectivity index (χ2v) is 5.45. The Bertz CT molecular complexity index is 829. The summed E-state index contributed by atoms with van der Waals surface area (Å²) >= 11 is 0. The van der Waals surface area contributed by atoms with Crippen molar-refractivity contribution in [2.75, 3.05) is 5.32 Å². The van der Waals surface area contributed by atoms with Gasteiger partial charge in [0.15, 0.2) is 5.82 Å². The molecule has 0 saturated carbocycles. The van der Waals surface area contributed by atoms with E-state index in [1.54, 1.807) is 19.1 Å². The van der Waals surface area contributed by atoms with Crippen LogP contribution in [0.5, 0.6) is 0 Å². The third-order valence-corrected chi connectivity index (χ3v) is 3.55. The number of aliphatic carboxylic acids is 1. The lowest BCUT2D eigenvalue weighted by Crippen LogP contribution is -2.13. The molecule has 0 aliphatic carbocycles. The summed E-state index contributed by atoms with van der Waals surface area (Å²) in [7, 11) is 0. The lowest BCUT2D eigenvalue weighted by atomic mass is 10.0. The number of anilines is 2. The van der Waals surface area contributed by atoms with Crippen LogP contribution in [-0.2, 0) is 17.4 Å². The van der Waals surface area contributed by atoms with Gasteiger partial charge in [0.25, 0.3) is 0 Å². The molecular formula is C18H15F4NO2. The lowest BCUT2D eigenvalue weighted by molar-refractivity contribution is -0.140. The molecule has 0 aromatic heterocycles. The van der Waals surface area contributed by atoms with Crippen molar-refractivity contribution in [1.29, 1.82) is 0 Å². The Balaban J connectivity index is 2.52. The molecule has 0 fully saturated rings. The summed E-state index contributed by atoms with van der Waals surface area (Å²) in [5, 5.41) is 11.5. The third kappa shape index (κ3) is 4.17. The van der Waals surface area contributed by atoms with Gasteiger partial charge < -0.3 is 10.4 Å². The van der Waals surface area contributed by atoms with Crippen molar-refractivity contribution in [2.24, 2.45) is 0 Å². The molecule has 0 aliphatic heterocycles. The van der Waals surface area contributed by atoms with Crippen molar-refractivity contribution >= 4 is 23.4 Å². The molecule has 0 radical (unpaired) electrons. The van der Waals surface area contributed by atoms with Crippen molar-refractivity contribution in [1.82, 2.24) is 0 Å². The van der Waals surface area contributed by atoms with Crippen molar-refractivity contribution in [3.8, 4) is 0 Å². The topological polar surface area (TPSA) is 49.3 Å². The van der Waals surface area contributed by atoms with Crippen LogP contribution >= 0.6 is 0 Å². The molecule has 2 aromatic carbocycles. The van der Waals surface area contributed by atoms with Crippen LogP contribution in [0.4, 0.5) is 28.9 Å². The van der Waals surface area contributed by atoms with Crippen molar-refractivity contribution in [3.05, 3.63) is 65.0 Å². The van der Waals surface area contributed by atoms with E-state index >= 15 is 0 Å². The fourth-order valence-corrected chi connectivity index (χ4v) is 2.44. The van der Waals surface area contributed by atoms with E-state index in [0.717, 1.165) is 23.8 Å². The molecule has 3 nitrogen and oxygen atoms in total.